The molecule has 2 aliphatic rings. The van der Waals surface area contributed by atoms with Crippen molar-refractivity contribution in [2.75, 3.05) is 25.0 Å². The second kappa shape index (κ2) is 9.55. The van der Waals surface area contributed by atoms with Gasteiger partial charge in [0.25, 0.3) is 5.91 Å². The molecule has 1 atom stereocenters. The molecule has 0 saturated carbocycles. The van der Waals surface area contributed by atoms with Crippen LogP contribution in [0.2, 0.25) is 5.02 Å². The number of benzene rings is 2. The zero-order chi connectivity index (χ0) is 24.4. The van der Waals surface area contributed by atoms with Gasteiger partial charge in [0.1, 0.15) is 11.6 Å². The number of nitrogens with zero attached hydrogens (tertiary/aromatic N) is 3. The Morgan fingerprint density at radius 1 is 1.20 bits per heavy atom. The van der Waals surface area contributed by atoms with Gasteiger partial charge in [0.05, 0.1) is 28.7 Å². The van der Waals surface area contributed by atoms with Crippen LogP contribution in [0.25, 0.3) is 11.1 Å². The number of rotatable bonds is 4. The van der Waals surface area contributed by atoms with Gasteiger partial charge < -0.3 is 15.0 Å². The summed E-state index contributed by atoms with van der Waals surface area (Å²) in [6, 6.07) is 16.1. The molecule has 1 aromatic heterocycles. The van der Waals surface area contributed by atoms with E-state index in [0.29, 0.717) is 49.7 Å². The SMILES string of the molecule is N#CC1(Cc2ccc(F)cc2)CCN(C(=O)C2CNc3cc(Cl)c(-c4ccncc4)cc3O2)CC1. The Hall–Kier alpha value is -3.63. The molecule has 1 saturated heterocycles. The second-order valence-electron chi connectivity index (χ2n) is 9.07. The van der Waals surface area contributed by atoms with Crippen LogP contribution in [0.3, 0.4) is 0 Å². The average Bonchev–Trinajstić information content (AvgIpc) is 2.90. The van der Waals surface area contributed by atoms with Crippen molar-refractivity contribution in [3.8, 4) is 22.9 Å². The summed E-state index contributed by atoms with van der Waals surface area (Å²) in [7, 11) is 0. The number of halogens is 2. The molecule has 3 heterocycles. The number of hydrogen-bond donors (Lipinski definition) is 1. The number of piperidine rings is 1. The number of aromatic nitrogens is 1. The molecule has 1 fully saturated rings. The van der Waals surface area contributed by atoms with E-state index in [9.17, 15) is 14.4 Å². The van der Waals surface area contributed by atoms with Gasteiger partial charge in [-0.05, 0) is 66.8 Å². The van der Waals surface area contributed by atoms with Crippen molar-refractivity contribution in [3.05, 3.63) is 77.3 Å². The summed E-state index contributed by atoms with van der Waals surface area (Å²) >= 11 is 6.49. The predicted molar refractivity (Wildman–Crippen MR) is 132 cm³/mol. The topological polar surface area (TPSA) is 78.3 Å². The number of fused-ring (bicyclic) bond motifs is 1. The second-order valence-corrected chi connectivity index (χ2v) is 9.48. The fourth-order valence-corrected chi connectivity index (χ4v) is 5.03. The Morgan fingerprint density at radius 2 is 1.91 bits per heavy atom. The smallest absolute Gasteiger partial charge is 0.265 e. The first-order valence-electron chi connectivity index (χ1n) is 11.6. The lowest BCUT2D eigenvalue weighted by molar-refractivity contribution is -0.140. The van der Waals surface area contributed by atoms with Crippen LogP contribution in [-0.2, 0) is 11.2 Å². The normalized spacial score (nSPS) is 18.5. The highest BCUT2D eigenvalue weighted by atomic mass is 35.5. The van der Waals surface area contributed by atoms with E-state index in [4.69, 9.17) is 16.3 Å². The molecule has 6 nitrogen and oxygen atoms in total. The fourth-order valence-electron chi connectivity index (χ4n) is 4.76. The third kappa shape index (κ3) is 4.80. The fraction of sp³-hybridized carbons (Fsp3) is 0.296. The molecule has 0 radical (unpaired) electrons. The summed E-state index contributed by atoms with van der Waals surface area (Å²) < 4.78 is 19.4. The summed E-state index contributed by atoms with van der Waals surface area (Å²) in [5.74, 6) is 0.181. The highest BCUT2D eigenvalue weighted by Gasteiger charge is 2.39. The van der Waals surface area contributed by atoms with Gasteiger partial charge in [-0.15, -0.1) is 0 Å². The van der Waals surface area contributed by atoms with Crippen LogP contribution in [0.5, 0.6) is 5.75 Å². The van der Waals surface area contributed by atoms with Gasteiger partial charge in [0.2, 0.25) is 0 Å². The molecule has 3 aromatic rings. The Kier molecular flexibility index (Phi) is 6.31. The van der Waals surface area contributed by atoms with Gasteiger partial charge >= 0.3 is 0 Å². The van der Waals surface area contributed by atoms with Crippen LogP contribution < -0.4 is 10.1 Å². The highest BCUT2D eigenvalue weighted by molar-refractivity contribution is 6.33. The number of pyridine rings is 1. The zero-order valence-electron chi connectivity index (χ0n) is 19.0. The summed E-state index contributed by atoms with van der Waals surface area (Å²) in [6.07, 6.45) is 4.39. The average molecular weight is 491 g/mol. The first-order valence-corrected chi connectivity index (χ1v) is 11.9. The van der Waals surface area contributed by atoms with Crippen molar-refractivity contribution < 1.29 is 13.9 Å². The summed E-state index contributed by atoms with van der Waals surface area (Å²) in [5, 5.41) is 13.8. The van der Waals surface area contributed by atoms with E-state index in [1.165, 1.54) is 12.1 Å². The molecule has 35 heavy (non-hydrogen) atoms. The number of carbonyl (C=O) groups excluding carboxylic acids is 1. The monoisotopic (exact) mass is 490 g/mol. The van der Waals surface area contributed by atoms with E-state index in [-0.39, 0.29) is 11.7 Å². The van der Waals surface area contributed by atoms with Crippen molar-refractivity contribution in [2.45, 2.75) is 25.4 Å². The van der Waals surface area contributed by atoms with Crippen molar-refractivity contribution >= 4 is 23.2 Å². The molecule has 0 aliphatic carbocycles. The molecule has 1 unspecified atom stereocenters. The first-order chi connectivity index (χ1) is 17.0. The lowest BCUT2D eigenvalue weighted by Gasteiger charge is -2.39. The predicted octanol–water partition coefficient (Wildman–Crippen LogP) is 5.09. The maximum atomic E-state index is 13.3. The van der Waals surface area contributed by atoms with Crippen LogP contribution in [0.4, 0.5) is 10.1 Å². The number of nitriles is 1. The lowest BCUT2D eigenvalue weighted by Crippen LogP contribution is -2.51. The van der Waals surface area contributed by atoms with E-state index in [0.717, 1.165) is 22.4 Å². The largest absolute Gasteiger partial charge is 0.477 e. The Balaban J connectivity index is 1.26. The number of likely N-dealkylation sites (tertiary alicyclic amines) is 1. The zero-order valence-corrected chi connectivity index (χ0v) is 19.8. The maximum Gasteiger partial charge on any atom is 0.265 e. The number of hydrogen-bond acceptors (Lipinski definition) is 5. The number of anilines is 1. The van der Waals surface area contributed by atoms with Crippen LogP contribution in [0.1, 0.15) is 18.4 Å². The minimum absolute atomic E-state index is 0.100. The van der Waals surface area contributed by atoms with E-state index < -0.39 is 11.5 Å². The van der Waals surface area contributed by atoms with Crippen molar-refractivity contribution in [3.63, 3.8) is 0 Å². The lowest BCUT2D eigenvalue weighted by atomic mass is 9.75. The molecule has 5 rings (SSSR count). The molecule has 0 bridgehead atoms. The van der Waals surface area contributed by atoms with E-state index in [1.807, 2.05) is 24.3 Å². The van der Waals surface area contributed by atoms with Crippen molar-refractivity contribution in [1.29, 1.82) is 5.26 Å². The minimum Gasteiger partial charge on any atom is -0.477 e. The molecule has 8 heteroatoms. The molecule has 2 aromatic carbocycles. The van der Waals surface area contributed by atoms with E-state index in [2.05, 4.69) is 16.4 Å². The Bertz CT molecular complexity index is 1270. The number of carbonyl (C=O) groups is 1. The molecule has 1 N–H and O–H groups in total. The van der Waals surface area contributed by atoms with Crippen LogP contribution >= 0.6 is 11.6 Å². The van der Waals surface area contributed by atoms with Gasteiger partial charge in [-0.3, -0.25) is 9.78 Å². The van der Waals surface area contributed by atoms with Gasteiger partial charge in [0.15, 0.2) is 6.10 Å². The van der Waals surface area contributed by atoms with Gasteiger partial charge in [-0.1, -0.05) is 23.7 Å². The van der Waals surface area contributed by atoms with Crippen LogP contribution in [0, 0.1) is 22.6 Å². The van der Waals surface area contributed by atoms with Gasteiger partial charge in [0, 0.05) is 31.0 Å². The molecule has 178 valence electrons. The molecule has 2 aliphatic heterocycles. The standard InChI is InChI=1S/C27H24ClFN4O2/c28-22-14-23-24(13-21(22)19-5-9-31-10-6-19)35-25(16-32-23)26(34)33-11-7-27(17-30,8-12-33)15-18-1-3-20(29)4-2-18/h1-6,9-10,13-14,25,32H,7-8,11-12,15-16H2. The minimum atomic E-state index is -0.666. The molecular formula is C27H24ClFN4O2. The number of nitrogens with one attached hydrogen (secondary N) is 1. The number of ether oxygens (including phenoxy) is 1. The van der Waals surface area contributed by atoms with Crippen LogP contribution in [-0.4, -0.2) is 41.5 Å². The van der Waals surface area contributed by atoms with Crippen molar-refractivity contribution in [1.82, 2.24) is 9.88 Å². The summed E-state index contributed by atoms with van der Waals surface area (Å²) in [5.41, 5.74) is 2.82. The molecule has 0 spiro atoms. The Labute approximate surface area is 208 Å². The summed E-state index contributed by atoms with van der Waals surface area (Å²) in [4.78, 5) is 19.1. The molecular weight excluding hydrogens is 467 g/mol. The summed E-state index contributed by atoms with van der Waals surface area (Å²) in [6.45, 7) is 1.29. The number of amides is 1. The Morgan fingerprint density at radius 3 is 2.60 bits per heavy atom. The highest BCUT2D eigenvalue weighted by Crippen LogP contribution is 2.40. The first kappa shape index (κ1) is 23.1. The van der Waals surface area contributed by atoms with Gasteiger partial charge in [-0.2, -0.15) is 5.26 Å². The van der Waals surface area contributed by atoms with E-state index in [1.54, 1.807) is 29.4 Å². The molecule has 1 amide bonds. The van der Waals surface area contributed by atoms with Crippen LogP contribution in [0.15, 0.2) is 60.9 Å². The quantitative estimate of drug-likeness (QED) is 0.551. The third-order valence-corrected chi connectivity index (χ3v) is 7.12. The third-order valence-electron chi connectivity index (χ3n) is 6.81. The van der Waals surface area contributed by atoms with E-state index >= 15 is 0 Å². The maximum absolute atomic E-state index is 13.3. The van der Waals surface area contributed by atoms with Gasteiger partial charge in [-0.25, -0.2) is 4.39 Å². The van der Waals surface area contributed by atoms with Crippen molar-refractivity contribution in [2.24, 2.45) is 5.41 Å².